The molecular weight excluding hydrogens is 354 g/mol. The predicted octanol–water partition coefficient (Wildman–Crippen LogP) is 2.62. The van der Waals surface area contributed by atoms with E-state index in [9.17, 15) is 4.79 Å². The van der Waals surface area contributed by atoms with Crippen LogP contribution in [0.2, 0.25) is 0 Å². The van der Waals surface area contributed by atoms with Crippen LogP contribution in [-0.4, -0.2) is 50.7 Å². The number of amides is 1. The number of para-hydroxylation sites is 1. The van der Waals surface area contributed by atoms with E-state index in [0.717, 1.165) is 29.9 Å². The second-order valence-corrected chi connectivity index (χ2v) is 6.79. The number of hydrogen-bond donors (Lipinski definition) is 0. The summed E-state index contributed by atoms with van der Waals surface area (Å²) in [6.07, 6.45) is 3.10. The molecular formula is C17H17N5O3S. The van der Waals surface area contributed by atoms with Crippen LogP contribution in [0.25, 0.3) is 11.5 Å². The molecule has 0 spiro atoms. The van der Waals surface area contributed by atoms with E-state index in [4.69, 9.17) is 9.26 Å². The van der Waals surface area contributed by atoms with Crippen molar-refractivity contribution in [3.63, 3.8) is 0 Å². The van der Waals surface area contributed by atoms with Gasteiger partial charge in [-0.2, -0.15) is 4.98 Å². The molecule has 134 valence electrons. The summed E-state index contributed by atoms with van der Waals surface area (Å²) in [6, 6.07) is 7.54. The van der Waals surface area contributed by atoms with E-state index < -0.39 is 0 Å². The molecule has 1 saturated heterocycles. The Morgan fingerprint density at radius 3 is 2.85 bits per heavy atom. The lowest BCUT2D eigenvalue weighted by Gasteiger charge is -2.30. The molecule has 8 nitrogen and oxygen atoms in total. The number of piperidine rings is 1. The number of nitrogens with zero attached hydrogens (tertiary/aromatic N) is 5. The van der Waals surface area contributed by atoms with Gasteiger partial charge in [-0.1, -0.05) is 21.8 Å². The fourth-order valence-electron chi connectivity index (χ4n) is 3.09. The first-order valence-electron chi connectivity index (χ1n) is 8.30. The summed E-state index contributed by atoms with van der Waals surface area (Å²) in [4.78, 5) is 19.3. The highest BCUT2D eigenvalue weighted by atomic mass is 32.1. The topological polar surface area (TPSA) is 94.2 Å². The van der Waals surface area contributed by atoms with E-state index in [0.29, 0.717) is 35.4 Å². The van der Waals surface area contributed by atoms with Crippen LogP contribution in [0.1, 0.15) is 34.3 Å². The largest absolute Gasteiger partial charge is 0.496 e. The maximum Gasteiger partial charge on any atom is 0.267 e. The summed E-state index contributed by atoms with van der Waals surface area (Å²) < 4.78 is 14.5. The van der Waals surface area contributed by atoms with Gasteiger partial charge >= 0.3 is 0 Å². The van der Waals surface area contributed by atoms with E-state index in [1.165, 1.54) is 6.20 Å². The molecule has 1 aromatic carbocycles. The van der Waals surface area contributed by atoms with Gasteiger partial charge in [0, 0.05) is 19.0 Å². The first-order valence-corrected chi connectivity index (χ1v) is 9.07. The zero-order chi connectivity index (χ0) is 17.9. The number of carbonyl (C=O) groups excluding carboxylic acids is 1. The zero-order valence-electron chi connectivity index (χ0n) is 14.2. The Labute approximate surface area is 154 Å². The Balaban J connectivity index is 1.44. The van der Waals surface area contributed by atoms with Crippen molar-refractivity contribution in [2.24, 2.45) is 0 Å². The summed E-state index contributed by atoms with van der Waals surface area (Å²) in [7, 11) is 1.61. The minimum atomic E-state index is -0.0127. The van der Waals surface area contributed by atoms with Crippen LogP contribution in [0.3, 0.4) is 0 Å². The van der Waals surface area contributed by atoms with Gasteiger partial charge in [-0.25, -0.2) is 0 Å². The van der Waals surface area contributed by atoms with Gasteiger partial charge < -0.3 is 14.2 Å². The molecule has 0 bridgehead atoms. The number of aromatic nitrogens is 4. The van der Waals surface area contributed by atoms with E-state index in [1.54, 1.807) is 7.11 Å². The smallest absolute Gasteiger partial charge is 0.267 e. The molecule has 0 unspecified atom stereocenters. The number of carbonyl (C=O) groups is 1. The van der Waals surface area contributed by atoms with Gasteiger partial charge in [0.2, 0.25) is 0 Å². The van der Waals surface area contributed by atoms with Gasteiger partial charge in [-0.15, -0.1) is 5.10 Å². The van der Waals surface area contributed by atoms with Crippen LogP contribution in [0.5, 0.6) is 5.75 Å². The molecule has 0 aliphatic carbocycles. The Morgan fingerprint density at radius 1 is 1.31 bits per heavy atom. The standard InChI is InChI=1S/C17H17N5O3S/c1-24-13-5-3-2-4-12(13)16-19-15(20-25-16)11-6-8-22(9-7-11)17(23)14-10-18-21-26-14/h2-5,10-11H,6-9H2,1H3. The lowest BCUT2D eigenvalue weighted by Crippen LogP contribution is -2.37. The molecule has 0 N–H and O–H groups in total. The monoisotopic (exact) mass is 371 g/mol. The number of benzene rings is 1. The summed E-state index contributed by atoms with van der Waals surface area (Å²) in [5.74, 6) is 1.98. The van der Waals surface area contributed by atoms with Crippen molar-refractivity contribution in [2.45, 2.75) is 18.8 Å². The van der Waals surface area contributed by atoms with Gasteiger partial charge in [-0.05, 0) is 36.5 Å². The average molecular weight is 371 g/mol. The lowest BCUT2D eigenvalue weighted by molar-refractivity contribution is 0.0715. The SMILES string of the molecule is COc1ccccc1-c1nc(C2CCN(C(=O)c3cnns3)CC2)no1. The van der Waals surface area contributed by atoms with Crippen LogP contribution in [-0.2, 0) is 0 Å². The molecule has 0 atom stereocenters. The highest BCUT2D eigenvalue weighted by molar-refractivity contribution is 7.07. The molecule has 1 amide bonds. The molecule has 1 fully saturated rings. The molecule has 3 aromatic rings. The van der Waals surface area contributed by atoms with E-state index in [1.807, 2.05) is 29.2 Å². The third kappa shape index (κ3) is 3.17. The van der Waals surface area contributed by atoms with Gasteiger partial charge in [-0.3, -0.25) is 4.79 Å². The average Bonchev–Trinajstić information content (AvgIpc) is 3.39. The Hall–Kier alpha value is -2.81. The van der Waals surface area contributed by atoms with Gasteiger partial charge in [0.25, 0.3) is 11.8 Å². The fraction of sp³-hybridized carbons (Fsp3) is 0.353. The third-order valence-electron chi connectivity index (χ3n) is 4.50. The van der Waals surface area contributed by atoms with Crippen LogP contribution in [0.15, 0.2) is 35.0 Å². The number of likely N-dealkylation sites (tertiary alicyclic amines) is 1. The molecule has 0 saturated carbocycles. The van der Waals surface area contributed by atoms with Crippen molar-refractivity contribution >= 4 is 17.4 Å². The quantitative estimate of drug-likeness (QED) is 0.696. The Bertz CT molecular complexity index is 887. The molecule has 1 aliphatic heterocycles. The number of rotatable bonds is 4. The van der Waals surface area contributed by atoms with Crippen molar-refractivity contribution < 1.29 is 14.1 Å². The summed E-state index contributed by atoms with van der Waals surface area (Å²) in [6.45, 7) is 1.31. The molecule has 26 heavy (non-hydrogen) atoms. The van der Waals surface area contributed by atoms with Crippen molar-refractivity contribution in [1.29, 1.82) is 0 Å². The van der Waals surface area contributed by atoms with Crippen molar-refractivity contribution in [3.8, 4) is 17.2 Å². The molecule has 0 radical (unpaired) electrons. The molecule has 9 heteroatoms. The van der Waals surface area contributed by atoms with Crippen molar-refractivity contribution in [1.82, 2.24) is 24.6 Å². The summed E-state index contributed by atoms with van der Waals surface area (Å²) >= 11 is 1.12. The van der Waals surface area contributed by atoms with E-state index in [2.05, 4.69) is 19.7 Å². The zero-order valence-corrected chi connectivity index (χ0v) is 15.0. The lowest BCUT2D eigenvalue weighted by atomic mass is 9.96. The minimum absolute atomic E-state index is 0.0127. The maximum atomic E-state index is 12.4. The van der Waals surface area contributed by atoms with Crippen LogP contribution >= 0.6 is 11.5 Å². The Morgan fingerprint density at radius 2 is 2.12 bits per heavy atom. The van der Waals surface area contributed by atoms with Crippen LogP contribution in [0, 0.1) is 0 Å². The maximum absolute atomic E-state index is 12.4. The number of methoxy groups -OCH3 is 1. The first-order chi connectivity index (χ1) is 12.8. The van der Waals surface area contributed by atoms with E-state index in [-0.39, 0.29) is 11.8 Å². The molecule has 4 rings (SSSR count). The highest BCUT2D eigenvalue weighted by Crippen LogP contribution is 2.32. The number of ether oxygens (including phenoxy) is 1. The van der Waals surface area contributed by atoms with Gasteiger partial charge in [0.05, 0.1) is 18.9 Å². The molecule has 3 heterocycles. The molecule has 1 aliphatic rings. The fourth-order valence-corrected chi connectivity index (χ4v) is 3.57. The first kappa shape index (κ1) is 16.6. The predicted molar refractivity (Wildman–Crippen MR) is 94.1 cm³/mol. The van der Waals surface area contributed by atoms with Gasteiger partial charge in [0.15, 0.2) is 5.82 Å². The van der Waals surface area contributed by atoms with E-state index >= 15 is 0 Å². The second-order valence-electron chi connectivity index (χ2n) is 6.01. The minimum Gasteiger partial charge on any atom is -0.496 e. The normalized spacial score (nSPS) is 15.2. The van der Waals surface area contributed by atoms with Crippen LogP contribution < -0.4 is 4.74 Å². The second kappa shape index (κ2) is 7.20. The van der Waals surface area contributed by atoms with Crippen molar-refractivity contribution in [2.75, 3.05) is 20.2 Å². The molecule has 2 aromatic heterocycles. The van der Waals surface area contributed by atoms with Crippen LogP contribution in [0.4, 0.5) is 0 Å². The summed E-state index contributed by atoms with van der Waals surface area (Å²) in [5.41, 5.74) is 0.777. The third-order valence-corrected chi connectivity index (χ3v) is 5.15. The van der Waals surface area contributed by atoms with Crippen molar-refractivity contribution in [3.05, 3.63) is 41.2 Å². The Kier molecular flexibility index (Phi) is 4.61. The van der Waals surface area contributed by atoms with Gasteiger partial charge in [0.1, 0.15) is 10.6 Å². The number of hydrogen-bond acceptors (Lipinski definition) is 8. The summed E-state index contributed by atoms with van der Waals surface area (Å²) in [5, 5.41) is 7.87. The highest BCUT2D eigenvalue weighted by Gasteiger charge is 2.28.